The third-order valence-electron chi connectivity index (χ3n) is 3.74. The number of likely N-dealkylation sites (N-methyl/N-ethyl adjacent to an activating group) is 1. The van der Waals surface area contributed by atoms with Crippen LogP contribution in [0.15, 0.2) is 35.9 Å². The Bertz CT molecular complexity index is 462. The molecule has 2 nitrogen and oxygen atoms in total. The molecule has 1 aliphatic rings. The molecule has 0 heterocycles. The summed E-state index contributed by atoms with van der Waals surface area (Å²) in [7, 11) is 1.94. The number of ketones is 1. The lowest BCUT2D eigenvalue weighted by atomic mass is 9.94. The van der Waals surface area contributed by atoms with E-state index < -0.39 is 0 Å². The van der Waals surface area contributed by atoms with Crippen LogP contribution in [-0.2, 0) is 6.42 Å². The van der Waals surface area contributed by atoms with Gasteiger partial charge in [0.1, 0.15) is 0 Å². The lowest BCUT2D eigenvalue weighted by Gasteiger charge is -2.10. The van der Waals surface area contributed by atoms with Gasteiger partial charge in [0, 0.05) is 5.56 Å². The Morgan fingerprint density at radius 1 is 1.21 bits per heavy atom. The van der Waals surface area contributed by atoms with E-state index in [1.807, 2.05) is 25.2 Å². The summed E-state index contributed by atoms with van der Waals surface area (Å²) in [5, 5.41) is 3.15. The van der Waals surface area contributed by atoms with Gasteiger partial charge >= 0.3 is 0 Å². The zero-order valence-electron chi connectivity index (χ0n) is 11.7. The molecule has 0 unspecified atom stereocenters. The highest BCUT2D eigenvalue weighted by Gasteiger charge is 2.16. The zero-order chi connectivity index (χ0) is 13.5. The predicted octanol–water partition coefficient (Wildman–Crippen LogP) is 3.52. The van der Waals surface area contributed by atoms with Gasteiger partial charge in [0.25, 0.3) is 0 Å². The van der Waals surface area contributed by atoms with Crippen LogP contribution < -0.4 is 5.32 Å². The van der Waals surface area contributed by atoms with E-state index >= 15 is 0 Å². The Morgan fingerprint density at radius 3 is 2.89 bits per heavy atom. The second kappa shape index (κ2) is 7.25. The number of hydrogen-bond donors (Lipinski definition) is 1. The maximum atomic E-state index is 12.6. The summed E-state index contributed by atoms with van der Waals surface area (Å²) in [4.78, 5) is 12.6. The van der Waals surface area contributed by atoms with Gasteiger partial charge in [0.05, 0.1) is 0 Å². The van der Waals surface area contributed by atoms with Crippen LogP contribution in [0.2, 0.25) is 0 Å². The van der Waals surface area contributed by atoms with Crippen LogP contribution in [-0.4, -0.2) is 19.4 Å². The van der Waals surface area contributed by atoms with Crippen LogP contribution in [0.1, 0.15) is 48.0 Å². The summed E-state index contributed by atoms with van der Waals surface area (Å²) in [6.07, 6.45) is 8.68. The van der Waals surface area contributed by atoms with Gasteiger partial charge in [-0.1, -0.05) is 36.8 Å². The van der Waals surface area contributed by atoms with E-state index in [4.69, 9.17) is 0 Å². The molecule has 0 spiro atoms. The maximum Gasteiger partial charge on any atom is 0.188 e. The highest BCUT2D eigenvalue weighted by atomic mass is 16.1. The standard InChI is InChI=1S/C17H23NO/c1-18-13-12-14-8-6-7-11-16(14)17(19)15-9-4-2-3-5-10-15/h6-9,11,18H,2-5,10,12-13H2,1H3. The van der Waals surface area contributed by atoms with Crippen LogP contribution in [0, 0.1) is 0 Å². The van der Waals surface area contributed by atoms with Gasteiger partial charge in [-0.25, -0.2) is 0 Å². The minimum Gasteiger partial charge on any atom is -0.319 e. The van der Waals surface area contributed by atoms with E-state index in [1.165, 1.54) is 12.8 Å². The molecular formula is C17H23NO. The first-order valence-electron chi connectivity index (χ1n) is 7.29. The van der Waals surface area contributed by atoms with Crippen LogP contribution in [0.5, 0.6) is 0 Å². The SMILES string of the molecule is CNCCc1ccccc1C(=O)C1=CCCCCC1. The predicted molar refractivity (Wildman–Crippen MR) is 79.6 cm³/mol. The monoisotopic (exact) mass is 257 g/mol. The van der Waals surface area contributed by atoms with Gasteiger partial charge in [0.2, 0.25) is 0 Å². The average molecular weight is 257 g/mol. The molecule has 19 heavy (non-hydrogen) atoms. The number of allylic oxidation sites excluding steroid dienone is 2. The summed E-state index contributed by atoms with van der Waals surface area (Å²) in [6, 6.07) is 8.03. The van der Waals surface area contributed by atoms with Gasteiger partial charge in [-0.15, -0.1) is 0 Å². The second-order valence-corrected chi connectivity index (χ2v) is 5.17. The molecule has 0 radical (unpaired) electrons. The first kappa shape index (κ1) is 14.0. The van der Waals surface area contributed by atoms with Gasteiger partial charge in [-0.2, -0.15) is 0 Å². The molecule has 1 aromatic rings. The third kappa shape index (κ3) is 3.77. The lowest BCUT2D eigenvalue weighted by molar-refractivity contribution is 0.102. The Labute approximate surface area is 115 Å². The van der Waals surface area contributed by atoms with Gasteiger partial charge in [0.15, 0.2) is 5.78 Å². The molecule has 0 aliphatic heterocycles. The molecule has 0 bridgehead atoms. The number of carbonyl (C=O) groups excluding carboxylic acids is 1. The van der Waals surface area contributed by atoms with E-state index in [2.05, 4.69) is 17.5 Å². The molecule has 1 aliphatic carbocycles. The minimum absolute atomic E-state index is 0.244. The molecule has 0 aromatic heterocycles. The fourth-order valence-corrected chi connectivity index (χ4v) is 2.61. The molecule has 102 valence electrons. The summed E-state index contributed by atoms with van der Waals surface area (Å²) < 4.78 is 0. The first-order valence-corrected chi connectivity index (χ1v) is 7.29. The number of hydrogen-bond acceptors (Lipinski definition) is 2. The molecule has 0 saturated carbocycles. The number of Topliss-reactive ketones (excluding diaryl/α,β-unsaturated/α-hetero) is 1. The average Bonchev–Trinajstić information content (AvgIpc) is 2.73. The molecule has 0 fully saturated rings. The topological polar surface area (TPSA) is 29.1 Å². The van der Waals surface area contributed by atoms with Crippen molar-refractivity contribution >= 4 is 5.78 Å². The highest BCUT2D eigenvalue weighted by Crippen LogP contribution is 2.22. The Morgan fingerprint density at radius 2 is 2.05 bits per heavy atom. The molecule has 1 aromatic carbocycles. The highest BCUT2D eigenvalue weighted by molar-refractivity contribution is 6.09. The fraction of sp³-hybridized carbons (Fsp3) is 0.471. The van der Waals surface area contributed by atoms with Crippen molar-refractivity contribution < 1.29 is 4.79 Å². The molecule has 1 N–H and O–H groups in total. The number of nitrogens with one attached hydrogen (secondary N) is 1. The van der Waals surface area contributed by atoms with Crippen LogP contribution >= 0.6 is 0 Å². The van der Waals surface area contributed by atoms with E-state index in [-0.39, 0.29) is 5.78 Å². The number of benzene rings is 1. The van der Waals surface area contributed by atoms with Crippen molar-refractivity contribution in [2.24, 2.45) is 0 Å². The molecule has 2 heteroatoms. The quantitative estimate of drug-likeness (QED) is 0.818. The minimum atomic E-state index is 0.244. The van der Waals surface area contributed by atoms with Crippen molar-refractivity contribution in [1.29, 1.82) is 0 Å². The fourth-order valence-electron chi connectivity index (χ4n) is 2.61. The largest absolute Gasteiger partial charge is 0.319 e. The molecule has 2 rings (SSSR count). The van der Waals surface area contributed by atoms with Crippen molar-refractivity contribution in [2.75, 3.05) is 13.6 Å². The van der Waals surface area contributed by atoms with Crippen molar-refractivity contribution in [3.63, 3.8) is 0 Å². The summed E-state index contributed by atoms with van der Waals surface area (Å²) >= 11 is 0. The smallest absolute Gasteiger partial charge is 0.188 e. The number of carbonyl (C=O) groups is 1. The van der Waals surface area contributed by atoms with E-state index in [0.717, 1.165) is 48.9 Å². The molecular weight excluding hydrogens is 234 g/mol. The lowest BCUT2D eigenvalue weighted by Crippen LogP contribution is -2.14. The van der Waals surface area contributed by atoms with Crippen LogP contribution in [0.3, 0.4) is 0 Å². The second-order valence-electron chi connectivity index (χ2n) is 5.17. The van der Waals surface area contributed by atoms with E-state index in [1.54, 1.807) is 0 Å². The van der Waals surface area contributed by atoms with Gasteiger partial charge < -0.3 is 5.32 Å². The van der Waals surface area contributed by atoms with Gasteiger partial charge in [-0.05, 0) is 56.8 Å². The van der Waals surface area contributed by atoms with E-state index in [9.17, 15) is 4.79 Å². The van der Waals surface area contributed by atoms with Crippen molar-refractivity contribution in [1.82, 2.24) is 5.32 Å². The normalized spacial score (nSPS) is 15.7. The summed E-state index contributed by atoms with van der Waals surface area (Å²) in [5.74, 6) is 0.244. The third-order valence-corrected chi connectivity index (χ3v) is 3.74. The Kier molecular flexibility index (Phi) is 5.34. The van der Waals surface area contributed by atoms with E-state index in [0.29, 0.717) is 0 Å². The first-order chi connectivity index (χ1) is 9.33. The molecule has 0 amide bonds. The zero-order valence-corrected chi connectivity index (χ0v) is 11.7. The van der Waals surface area contributed by atoms with Crippen molar-refractivity contribution in [3.8, 4) is 0 Å². The number of rotatable bonds is 5. The summed E-state index contributed by atoms with van der Waals surface area (Å²) in [6.45, 7) is 0.906. The van der Waals surface area contributed by atoms with Crippen LogP contribution in [0.4, 0.5) is 0 Å². The van der Waals surface area contributed by atoms with Crippen molar-refractivity contribution in [2.45, 2.75) is 38.5 Å². The Balaban J connectivity index is 2.20. The van der Waals surface area contributed by atoms with Gasteiger partial charge in [-0.3, -0.25) is 4.79 Å². The summed E-state index contributed by atoms with van der Waals surface area (Å²) in [5.41, 5.74) is 3.08. The molecule has 0 atom stereocenters. The maximum absolute atomic E-state index is 12.6. The van der Waals surface area contributed by atoms with Crippen LogP contribution in [0.25, 0.3) is 0 Å². The molecule has 0 saturated heterocycles. The Hall–Kier alpha value is -1.41. The van der Waals surface area contributed by atoms with Crippen molar-refractivity contribution in [3.05, 3.63) is 47.0 Å².